The highest BCUT2D eigenvalue weighted by atomic mass is 16.4. The number of benzene rings is 1. The van der Waals surface area contributed by atoms with Gasteiger partial charge in [0.05, 0.1) is 6.54 Å². The first-order chi connectivity index (χ1) is 7.04. The Bertz CT molecular complexity index is 403. The highest BCUT2D eigenvalue weighted by Crippen LogP contribution is 2.21. The molecule has 1 amide bonds. The van der Waals surface area contributed by atoms with Crippen molar-refractivity contribution >= 4 is 17.6 Å². The summed E-state index contributed by atoms with van der Waals surface area (Å²) in [6, 6.07) is 3.72. The first kappa shape index (κ1) is 11.0. The molecule has 1 aromatic carbocycles. The van der Waals surface area contributed by atoms with Crippen molar-refractivity contribution in [2.45, 2.75) is 0 Å². The van der Waals surface area contributed by atoms with E-state index in [0.717, 1.165) is 6.07 Å². The van der Waals surface area contributed by atoms with Crippen LogP contribution in [0, 0.1) is 0 Å². The molecule has 0 saturated heterocycles. The van der Waals surface area contributed by atoms with Gasteiger partial charge in [0.1, 0.15) is 11.3 Å². The Labute approximate surface area is 85.3 Å². The number of nitrogens with one attached hydrogen (secondary N) is 1. The molecule has 5 N–H and O–H groups in total. The van der Waals surface area contributed by atoms with Crippen LogP contribution < -0.4 is 11.1 Å². The fourth-order valence-electron chi connectivity index (χ4n) is 1.00. The van der Waals surface area contributed by atoms with Crippen molar-refractivity contribution in [1.29, 1.82) is 0 Å². The molecule has 0 aliphatic rings. The predicted molar refractivity (Wildman–Crippen MR) is 52.8 cm³/mol. The Morgan fingerprint density at radius 1 is 1.40 bits per heavy atom. The van der Waals surface area contributed by atoms with E-state index < -0.39 is 17.6 Å². The molecule has 0 radical (unpaired) electrons. The predicted octanol–water partition coefficient (Wildman–Crippen LogP) is -0.0124. The summed E-state index contributed by atoms with van der Waals surface area (Å²) in [6.07, 6.45) is 0. The summed E-state index contributed by atoms with van der Waals surface area (Å²) in [4.78, 5) is 21.4. The van der Waals surface area contributed by atoms with E-state index in [-0.39, 0.29) is 12.1 Å². The van der Waals surface area contributed by atoms with Crippen LogP contribution in [0.5, 0.6) is 5.75 Å². The Hall–Kier alpha value is -2.08. The lowest BCUT2D eigenvalue weighted by Crippen LogP contribution is -2.21. The number of carboxylic acid groups (broad SMARTS) is 1. The minimum atomic E-state index is -1.23. The van der Waals surface area contributed by atoms with Crippen LogP contribution in [0.4, 0.5) is 5.69 Å². The standard InChI is InChI=1S/C9H10N2O4/c10-4-8(13)11-5-1-2-6(9(14)15)7(12)3-5/h1-3,12H,4,10H2,(H,11,13)(H,14,15). The quantitative estimate of drug-likeness (QED) is 0.560. The number of amides is 1. The van der Waals surface area contributed by atoms with Gasteiger partial charge in [-0.05, 0) is 12.1 Å². The maximum atomic E-state index is 10.9. The van der Waals surface area contributed by atoms with Gasteiger partial charge in [-0.25, -0.2) is 4.79 Å². The van der Waals surface area contributed by atoms with Crippen molar-refractivity contribution in [3.05, 3.63) is 23.8 Å². The summed E-state index contributed by atoms with van der Waals surface area (Å²) in [5.41, 5.74) is 5.14. The first-order valence-corrected chi connectivity index (χ1v) is 4.11. The van der Waals surface area contributed by atoms with Crippen molar-refractivity contribution < 1.29 is 19.8 Å². The molecule has 0 unspecified atom stereocenters. The molecule has 6 heteroatoms. The van der Waals surface area contributed by atoms with Crippen LogP contribution >= 0.6 is 0 Å². The lowest BCUT2D eigenvalue weighted by molar-refractivity contribution is -0.114. The van der Waals surface area contributed by atoms with Crippen LogP contribution in [0.2, 0.25) is 0 Å². The monoisotopic (exact) mass is 210 g/mol. The molecule has 15 heavy (non-hydrogen) atoms. The summed E-state index contributed by atoms with van der Waals surface area (Å²) >= 11 is 0. The fourth-order valence-corrected chi connectivity index (χ4v) is 1.00. The lowest BCUT2D eigenvalue weighted by atomic mass is 10.2. The van der Waals surface area contributed by atoms with Gasteiger partial charge < -0.3 is 21.3 Å². The van der Waals surface area contributed by atoms with Crippen molar-refractivity contribution in [3.8, 4) is 5.75 Å². The van der Waals surface area contributed by atoms with E-state index in [2.05, 4.69) is 5.32 Å². The molecule has 0 aliphatic carbocycles. The summed E-state index contributed by atoms with van der Waals surface area (Å²) < 4.78 is 0. The second kappa shape index (κ2) is 4.43. The van der Waals surface area contributed by atoms with Crippen LogP contribution in [0.3, 0.4) is 0 Å². The van der Waals surface area contributed by atoms with Crippen molar-refractivity contribution in [1.82, 2.24) is 0 Å². The second-order valence-corrected chi connectivity index (χ2v) is 2.79. The molecule has 1 rings (SSSR count). The first-order valence-electron chi connectivity index (χ1n) is 4.11. The number of hydrogen-bond donors (Lipinski definition) is 4. The molecule has 0 saturated carbocycles. The Kier molecular flexibility index (Phi) is 3.25. The van der Waals surface area contributed by atoms with Gasteiger partial charge in [-0.2, -0.15) is 0 Å². The molecule has 0 atom stereocenters. The molecule has 0 aliphatic heterocycles. The molecular formula is C9H10N2O4. The Morgan fingerprint density at radius 2 is 2.07 bits per heavy atom. The third-order valence-electron chi connectivity index (χ3n) is 1.70. The maximum absolute atomic E-state index is 10.9. The average molecular weight is 210 g/mol. The average Bonchev–Trinajstić information content (AvgIpc) is 2.17. The van der Waals surface area contributed by atoms with E-state index in [1.807, 2.05) is 0 Å². The zero-order valence-electron chi connectivity index (χ0n) is 7.73. The van der Waals surface area contributed by atoms with E-state index >= 15 is 0 Å². The van der Waals surface area contributed by atoms with Crippen molar-refractivity contribution in [3.63, 3.8) is 0 Å². The molecule has 0 bridgehead atoms. The van der Waals surface area contributed by atoms with E-state index in [9.17, 15) is 14.7 Å². The second-order valence-electron chi connectivity index (χ2n) is 2.79. The molecule has 6 nitrogen and oxygen atoms in total. The molecule has 0 spiro atoms. The highest BCUT2D eigenvalue weighted by Gasteiger charge is 2.10. The minimum absolute atomic E-state index is 0.179. The molecule has 80 valence electrons. The molecule has 0 aromatic heterocycles. The third kappa shape index (κ3) is 2.68. The SMILES string of the molecule is NCC(=O)Nc1ccc(C(=O)O)c(O)c1. The number of rotatable bonds is 3. The summed E-state index contributed by atoms with van der Waals surface area (Å²) in [5.74, 6) is -2.06. The zero-order chi connectivity index (χ0) is 11.4. The van der Waals surface area contributed by atoms with Crippen LogP contribution in [-0.4, -0.2) is 28.6 Å². The third-order valence-corrected chi connectivity index (χ3v) is 1.70. The lowest BCUT2D eigenvalue weighted by Gasteiger charge is -2.05. The topological polar surface area (TPSA) is 113 Å². The number of aromatic carboxylic acids is 1. The molecule has 1 aromatic rings. The summed E-state index contributed by atoms with van der Waals surface area (Å²) in [5, 5.41) is 20.3. The highest BCUT2D eigenvalue weighted by molar-refractivity contribution is 5.95. The summed E-state index contributed by atoms with van der Waals surface area (Å²) in [6.45, 7) is -0.179. The summed E-state index contributed by atoms with van der Waals surface area (Å²) in [7, 11) is 0. The van der Waals surface area contributed by atoms with Crippen LogP contribution in [0.15, 0.2) is 18.2 Å². The minimum Gasteiger partial charge on any atom is -0.507 e. The number of carboxylic acids is 1. The van der Waals surface area contributed by atoms with Crippen molar-refractivity contribution in [2.75, 3.05) is 11.9 Å². The van der Waals surface area contributed by atoms with E-state index in [1.54, 1.807) is 0 Å². The molecular weight excluding hydrogens is 200 g/mol. The number of carbonyl (C=O) groups excluding carboxylic acids is 1. The fraction of sp³-hybridized carbons (Fsp3) is 0.111. The van der Waals surface area contributed by atoms with Crippen LogP contribution in [0.1, 0.15) is 10.4 Å². The normalized spacial score (nSPS) is 9.67. The number of nitrogens with two attached hydrogens (primary N) is 1. The van der Waals surface area contributed by atoms with E-state index in [0.29, 0.717) is 5.69 Å². The molecule has 0 heterocycles. The Morgan fingerprint density at radius 3 is 2.53 bits per heavy atom. The van der Waals surface area contributed by atoms with Crippen LogP contribution in [0.25, 0.3) is 0 Å². The van der Waals surface area contributed by atoms with Crippen LogP contribution in [-0.2, 0) is 4.79 Å². The number of carbonyl (C=O) groups is 2. The van der Waals surface area contributed by atoms with E-state index in [1.165, 1.54) is 12.1 Å². The number of hydrogen-bond acceptors (Lipinski definition) is 4. The van der Waals surface area contributed by atoms with Gasteiger partial charge in [-0.3, -0.25) is 4.79 Å². The number of anilines is 1. The van der Waals surface area contributed by atoms with Gasteiger partial charge in [0, 0.05) is 11.8 Å². The van der Waals surface area contributed by atoms with Crippen molar-refractivity contribution in [2.24, 2.45) is 5.73 Å². The van der Waals surface area contributed by atoms with Gasteiger partial charge in [0.15, 0.2) is 0 Å². The Balaban J connectivity index is 2.91. The number of aromatic hydroxyl groups is 1. The van der Waals surface area contributed by atoms with Gasteiger partial charge in [-0.1, -0.05) is 0 Å². The largest absolute Gasteiger partial charge is 0.507 e. The van der Waals surface area contributed by atoms with Gasteiger partial charge in [-0.15, -0.1) is 0 Å². The maximum Gasteiger partial charge on any atom is 0.339 e. The smallest absolute Gasteiger partial charge is 0.339 e. The van der Waals surface area contributed by atoms with Gasteiger partial charge in [0.2, 0.25) is 5.91 Å². The van der Waals surface area contributed by atoms with E-state index in [4.69, 9.17) is 10.8 Å². The van der Waals surface area contributed by atoms with Gasteiger partial charge >= 0.3 is 5.97 Å². The number of phenols is 1. The van der Waals surface area contributed by atoms with Gasteiger partial charge in [0.25, 0.3) is 0 Å². The molecule has 0 fully saturated rings. The zero-order valence-corrected chi connectivity index (χ0v) is 7.73.